The lowest BCUT2D eigenvalue weighted by atomic mass is 9.98. The van der Waals surface area contributed by atoms with Crippen molar-refractivity contribution in [3.8, 4) is 0 Å². The molecule has 0 aliphatic carbocycles. The van der Waals surface area contributed by atoms with Crippen LogP contribution >= 0.6 is 11.3 Å². The molecule has 2 rings (SSSR count). The van der Waals surface area contributed by atoms with Gasteiger partial charge in [-0.2, -0.15) is 0 Å². The van der Waals surface area contributed by atoms with Crippen molar-refractivity contribution in [3.05, 3.63) is 45.9 Å². The van der Waals surface area contributed by atoms with Crippen LogP contribution in [0.4, 0.5) is 5.69 Å². The van der Waals surface area contributed by atoms with Gasteiger partial charge < -0.3 is 10.4 Å². The van der Waals surface area contributed by atoms with Crippen LogP contribution in [0.25, 0.3) is 0 Å². The van der Waals surface area contributed by atoms with Crippen LogP contribution in [0.3, 0.4) is 0 Å². The van der Waals surface area contributed by atoms with Crippen molar-refractivity contribution < 1.29 is 5.11 Å². The van der Waals surface area contributed by atoms with E-state index in [0.29, 0.717) is 0 Å². The molecule has 1 heterocycles. The summed E-state index contributed by atoms with van der Waals surface area (Å²) >= 11 is 1.65. The lowest BCUT2D eigenvalue weighted by molar-refractivity contribution is 0.274. The van der Waals surface area contributed by atoms with Gasteiger partial charge >= 0.3 is 0 Å². The van der Waals surface area contributed by atoms with E-state index >= 15 is 0 Å². The van der Waals surface area contributed by atoms with Gasteiger partial charge in [0.05, 0.1) is 23.4 Å². The Kier molecular flexibility index (Phi) is 4.45. The zero-order valence-electron chi connectivity index (χ0n) is 12.5. The molecule has 3 nitrogen and oxygen atoms in total. The predicted octanol–water partition coefficient (Wildman–Crippen LogP) is 3.89. The molecule has 1 aromatic carbocycles. The molecule has 1 atom stereocenters. The van der Waals surface area contributed by atoms with Gasteiger partial charge in [0, 0.05) is 16.5 Å². The summed E-state index contributed by atoms with van der Waals surface area (Å²) in [6, 6.07) is 7.91. The standard InChI is InChI=1S/C16H22N2OS/c1-11-7-5-6-8-12(11)17-13(9-19)14-10-20-15(18-14)16(2,3)4/h5-8,10,13,17,19H,9H2,1-4H3. The second-order valence-electron chi connectivity index (χ2n) is 6.02. The van der Waals surface area contributed by atoms with Crippen molar-refractivity contribution in [2.24, 2.45) is 0 Å². The minimum Gasteiger partial charge on any atom is -0.394 e. The van der Waals surface area contributed by atoms with Gasteiger partial charge in [0.15, 0.2) is 0 Å². The molecule has 2 aromatic rings. The van der Waals surface area contributed by atoms with E-state index in [4.69, 9.17) is 0 Å². The highest BCUT2D eigenvalue weighted by Crippen LogP contribution is 2.29. The van der Waals surface area contributed by atoms with Gasteiger partial charge in [-0.25, -0.2) is 4.98 Å². The Morgan fingerprint density at radius 2 is 2.00 bits per heavy atom. The molecule has 0 amide bonds. The molecular formula is C16H22N2OS. The first-order valence-corrected chi connectivity index (χ1v) is 7.68. The largest absolute Gasteiger partial charge is 0.394 e. The van der Waals surface area contributed by atoms with E-state index < -0.39 is 0 Å². The van der Waals surface area contributed by atoms with Gasteiger partial charge in [-0.15, -0.1) is 11.3 Å². The Hall–Kier alpha value is -1.39. The SMILES string of the molecule is Cc1ccccc1NC(CO)c1csc(C(C)(C)C)n1. The molecule has 2 N–H and O–H groups in total. The fourth-order valence-corrected chi connectivity index (χ4v) is 2.89. The van der Waals surface area contributed by atoms with Crippen molar-refractivity contribution in [3.63, 3.8) is 0 Å². The van der Waals surface area contributed by atoms with E-state index in [1.54, 1.807) is 11.3 Å². The summed E-state index contributed by atoms with van der Waals surface area (Å²) in [5.41, 5.74) is 3.16. The maximum atomic E-state index is 9.65. The maximum absolute atomic E-state index is 9.65. The first-order chi connectivity index (χ1) is 9.41. The average Bonchev–Trinajstić information content (AvgIpc) is 2.87. The quantitative estimate of drug-likeness (QED) is 0.898. The molecule has 0 bridgehead atoms. The van der Waals surface area contributed by atoms with E-state index in [0.717, 1.165) is 22.0 Å². The Morgan fingerprint density at radius 1 is 1.30 bits per heavy atom. The van der Waals surface area contributed by atoms with E-state index in [1.807, 2.05) is 23.6 Å². The number of benzene rings is 1. The fraction of sp³-hybridized carbons (Fsp3) is 0.438. The number of rotatable bonds is 4. The van der Waals surface area contributed by atoms with Crippen LogP contribution in [0.15, 0.2) is 29.6 Å². The number of aliphatic hydroxyl groups excluding tert-OH is 1. The highest BCUT2D eigenvalue weighted by molar-refractivity contribution is 7.09. The number of anilines is 1. The van der Waals surface area contributed by atoms with Crippen molar-refractivity contribution in [2.45, 2.75) is 39.2 Å². The molecule has 1 unspecified atom stereocenters. The zero-order chi connectivity index (χ0) is 14.8. The molecule has 0 aliphatic heterocycles. The van der Waals surface area contributed by atoms with E-state index in [2.05, 4.69) is 44.1 Å². The fourth-order valence-electron chi connectivity index (χ4n) is 1.93. The average molecular weight is 290 g/mol. The Morgan fingerprint density at radius 3 is 2.55 bits per heavy atom. The Labute approximate surface area is 124 Å². The molecule has 0 spiro atoms. The first kappa shape index (κ1) is 15.0. The van der Waals surface area contributed by atoms with Gasteiger partial charge in [-0.05, 0) is 18.6 Å². The van der Waals surface area contributed by atoms with Crippen molar-refractivity contribution in [1.82, 2.24) is 4.98 Å². The molecular weight excluding hydrogens is 268 g/mol. The van der Waals surface area contributed by atoms with Crippen LogP contribution in [-0.2, 0) is 5.41 Å². The number of thiazole rings is 1. The Bertz CT molecular complexity index is 572. The van der Waals surface area contributed by atoms with E-state index in [-0.39, 0.29) is 18.1 Å². The minimum absolute atomic E-state index is 0.0294. The summed E-state index contributed by atoms with van der Waals surface area (Å²) in [5.74, 6) is 0. The number of para-hydroxylation sites is 1. The van der Waals surface area contributed by atoms with Crippen LogP contribution in [0.1, 0.15) is 43.1 Å². The topological polar surface area (TPSA) is 45.1 Å². The molecule has 4 heteroatoms. The van der Waals surface area contributed by atoms with Gasteiger partial charge in [0.2, 0.25) is 0 Å². The number of nitrogens with zero attached hydrogens (tertiary/aromatic N) is 1. The lowest BCUT2D eigenvalue weighted by Crippen LogP contribution is -2.17. The number of aryl methyl sites for hydroxylation is 1. The third-order valence-corrected chi connectivity index (χ3v) is 4.46. The van der Waals surface area contributed by atoms with Crippen molar-refractivity contribution >= 4 is 17.0 Å². The van der Waals surface area contributed by atoms with Gasteiger partial charge in [-0.3, -0.25) is 0 Å². The molecule has 1 aromatic heterocycles. The van der Waals surface area contributed by atoms with Gasteiger partial charge in [0.1, 0.15) is 0 Å². The minimum atomic E-state index is -0.163. The smallest absolute Gasteiger partial charge is 0.0982 e. The summed E-state index contributed by atoms with van der Waals surface area (Å²) in [7, 11) is 0. The second-order valence-corrected chi connectivity index (χ2v) is 6.88. The van der Waals surface area contributed by atoms with Crippen LogP contribution in [-0.4, -0.2) is 16.7 Å². The molecule has 0 saturated heterocycles. The van der Waals surface area contributed by atoms with Crippen molar-refractivity contribution in [2.75, 3.05) is 11.9 Å². The van der Waals surface area contributed by atoms with Gasteiger partial charge in [0.25, 0.3) is 0 Å². The van der Waals surface area contributed by atoms with Gasteiger partial charge in [-0.1, -0.05) is 39.0 Å². The number of hydrogen-bond acceptors (Lipinski definition) is 4. The summed E-state index contributed by atoms with van der Waals surface area (Å²) in [6.07, 6.45) is 0. The molecule has 0 aliphatic rings. The molecule has 20 heavy (non-hydrogen) atoms. The third-order valence-electron chi connectivity index (χ3n) is 3.18. The number of aliphatic hydroxyl groups is 1. The second kappa shape index (κ2) is 5.94. The third kappa shape index (κ3) is 3.38. The summed E-state index contributed by atoms with van der Waals surface area (Å²) in [6.45, 7) is 8.54. The van der Waals surface area contributed by atoms with Crippen LogP contribution < -0.4 is 5.32 Å². The monoisotopic (exact) mass is 290 g/mol. The zero-order valence-corrected chi connectivity index (χ0v) is 13.3. The summed E-state index contributed by atoms with van der Waals surface area (Å²) in [5, 5.41) is 16.1. The molecule has 0 fully saturated rings. The van der Waals surface area contributed by atoms with Crippen LogP contribution in [0, 0.1) is 6.92 Å². The highest BCUT2D eigenvalue weighted by atomic mass is 32.1. The highest BCUT2D eigenvalue weighted by Gasteiger charge is 2.21. The number of aromatic nitrogens is 1. The van der Waals surface area contributed by atoms with Crippen LogP contribution in [0.5, 0.6) is 0 Å². The summed E-state index contributed by atoms with van der Waals surface area (Å²) < 4.78 is 0. The first-order valence-electron chi connectivity index (χ1n) is 6.80. The normalized spacial score (nSPS) is 13.2. The van der Waals surface area contributed by atoms with Crippen LogP contribution in [0.2, 0.25) is 0 Å². The molecule has 108 valence electrons. The lowest BCUT2D eigenvalue weighted by Gasteiger charge is -2.18. The summed E-state index contributed by atoms with van der Waals surface area (Å²) in [4.78, 5) is 4.67. The maximum Gasteiger partial charge on any atom is 0.0982 e. The number of hydrogen-bond donors (Lipinski definition) is 2. The predicted molar refractivity (Wildman–Crippen MR) is 85.4 cm³/mol. The Balaban J connectivity index is 2.21. The number of nitrogens with one attached hydrogen (secondary N) is 1. The molecule has 0 radical (unpaired) electrons. The van der Waals surface area contributed by atoms with Crippen molar-refractivity contribution in [1.29, 1.82) is 0 Å². The molecule has 0 saturated carbocycles. The van der Waals surface area contributed by atoms with E-state index in [9.17, 15) is 5.11 Å². The van der Waals surface area contributed by atoms with E-state index in [1.165, 1.54) is 0 Å².